The number of methoxy groups -OCH3 is 2. The Morgan fingerprint density at radius 1 is 1.08 bits per heavy atom. The Bertz CT molecular complexity index is 916. The van der Waals surface area contributed by atoms with Crippen LogP contribution in [0.4, 0.5) is 5.13 Å². The number of ether oxygens (including phenoxy) is 2. The van der Waals surface area contributed by atoms with E-state index in [0.717, 1.165) is 16.1 Å². The highest BCUT2D eigenvalue weighted by atomic mass is 35.5. The third-order valence-electron chi connectivity index (χ3n) is 3.79. The standard InChI is InChI=1S/C19H17ClN2O3S/c1-11-17(12-7-9-13(20)10-8-12)21-19(26-11)22-18(23)16-14(24-2)5-4-6-15(16)25-3/h4-10H,1-3H3,(H,21,22,23). The molecule has 0 aliphatic heterocycles. The second-order valence-electron chi connectivity index (χ2n) is 5.42. The molecule has 134 valence electrons. The summed E-state index contributed by atoms with van der Waals surface area (Å²) in [7, 11) is 3.02. The fourth-order valence-corrected chi connectivity index (χ4v) is 3.52. The molecular formula is C19H17ClN2O3S. The zero-order chi connectivity index (χ0) is 18.7. The lowest BCUT2D eigenvalue weighted by molar-refractivity contribution is 0.102. The largest absolute Gasteiger partial charge is 0.496 e. The molecule has 1 N–H and O–H groups in total. The number of carbonyl (C=O) groups is 1. The third kappa shape index (κ3) is 3.66. The van der Waals surface area contributed by atoms with Gasteiger partial charge in [-0.05, 0) is 31.2 Å². The number of amides is 1. The van der Waals surface area contributed by atoms with E-state index in [1.807, 2.05) is 31.2 Å². The summed E-state index contributed by atoms with van der Waals surface area (Å²) >= 11 is 7.35. The quantitative estimate of drug-likeness (QED) is 0.665. The summed E-state index contributed by atoms with van der Waals surface area (Å²) in [5, 5.41) is 4.00. The fraction of sp³-hybridized carbons (Fsp3) is 0.158. The van der Waals surface area contributed by atoms with Crippen LogP contribution < -0.4 is 14.8 Å². The number of hydrogen-bond donors (Lipinski definition) is 1. The van der Waals surface area contributed by atoms with E-state index in [9.17, 15) is 4.79 Å². The molecule has 7 heteroatoms. The van der Waals surface area contributed by atoms with Crippen LogP contribution in [0.25, 0.3) is 11.3 Å². The average Bonchev–Trinajstić information content (AvgIpc) is 3.01. The van der Waals surface area contributed by atoms with Gasteiger partial charge in [0.15, 0.2) is 5.13 Å². The van der Waals surface area contributed by atoms with E-state index < -0.39 is 0 Å². The summed E-state index contributed by atoms with van der Waals surface area (Å²) in [6, 6.07) is 12.6. The zero-order valence-corrected chi connectivity index (χ0v) is 16.1. The molecule has 3 rings (SSSR count). The first kappa shape index (κ1) is 18.2. The van der Waals surface area contributed by atoms with Crippen molar-refractivity contribution in [3.05, 3.63) is 57.9 Å². The number of aromatic nitrogens is 1. The lowest BCUT2D eigenvalue weighted by atomic mass is 10.1. The predicted octanol–water partition coefficient (Wildman–Crippen LogP) is 5.04. The Hall–Kier alpha value is -2.57. The van der Waals surface area contributed by atoms with E-state index in [0.29, 0.717) is 27.2 Å². The molecule has 0 saturated heterocycles. The first-order chi connectivity index (χ1) is 12.5. The highest BCUT2D eigenvalue weighted by Gasteiger charge is 2.20. The van der Waals surface area contributed by atoms with Gasteiger partial charge in [-0.3, -0.25) is 10.1 Å². The minimum atomic E-state index is -0.337. The summed E-state index contributed by atoms with van der Waals surface area (Å²) in [6.45, 7) is 1.96. The first-order valence-corrected chi connectivity index (χ1v) is 8.98. The Balaban J connectivity index is 1.90. The SMILES string of the molecule is COc1cccc(OC)c1C(=O)Nc1nc(-c2ccc(Cl)cc2)c(C)s1. The van der Waals surface area contributed by atoms with Crippen LogP contribution in [0.3, 0.4) is 0 Å². The molecule has 0 aliphatic carbocycles. The van der Waals surface area contributed by atoms with Crippen molar-refractivity contribution in [3.63, 3.8) is 0 Å². The average molecular weight is 389 g/mol. The van der Waals surface area contributed by atoms with E-state index in [4.69, 9.17) is 21.1 Å². The van der Waals surface area contributed by atoms with Crippen molar-refractivity contribution in [2.24, 2.45) is 0 Å². The molecule has 1 heterocycles. The molecule has 0 unspecified atom stereocenters. The van der Waals surface area contributed by atoms with E-state index in [-0.39, 0.29) is 5.91 Å². The molecule has 5 nitrogen and oxygen atoms in total. The van der Waals surface area contributed by atoms with Gasteiger partial charge in [-0.1, -0.05) is 29.8 Å². The number of anilines is 1. The van der Waals surface area contributed by atoms with Crippen molar-refractivity contribution in [1.29, 1.82) is 0 Å². The van der Waals surface area contributed by atoms with Gasteiger partial charge in [-0.2, -0.15) is 0 Å². The van der Waals surface area contributed by atoms with Crippen LogP contribution in [-0.4, -0.2) is 25.1 Å². The number of nitrogens with zero attached hydrogens (tertiary/aromatic N) is 1. The van der Waals surface area contributed by atoms with E-state index in [1.165, 1.54) is 25.6 Å². The van der Waals surface area contributed by atoms with Crippen molar-refractivity contribution in [1.82, 2.24) is 4.98 Å². The summed E-state index contributed by atoms with van der Waals surface area (Å²) in [4.78, 5) is 18.3. The second-order valence-corrected chi connectivity index (χ2v) is 7.06. The lowest BCUT2D eigenvalue weighted by Gasteiger charge is -2.11. The maximum atomic E-state index is 12.8. The van der Waals surface area contributed by atoms with Crippen LogP contribution in [-0.2, 0) is 0 Å². The molecule has 0 atom stereocenters. The monoisotopic (exact) mass is 388 g/mol. The number of aryl methyl sites for hydroxylation is 1. The molecule has 0 fully saturated rings. The highest BCUT2D eigenvalue weighted by Crippen LogP contribution is 2.33. The van der Waals surface area contributed by atoms with E-state index in [2.05, 4.69) is 10.3 Å². The van der Waals surface area contributed by atoms with Crippen LogP contribution in [0.1, 0.15) is 15.2 Å². The molecule has 1 aromatic heterocycles. The van der Waals surface area contributed by atoms with Crippen molar-refractivity contribution in [2.75, 3.05) is 19.5 Å². The molecule has 0 radical (unpaired) electrons. The number of rotatable bonds is 5. The number of halogens is 1. The molecule has 2 aromatic carbocycles. The maximum absolute atomic E-state index is 12.8. The Kier molecular flexibility index (Phi) is 5.44. The number of nitrogens with one attached hydrogen (secondary N) is 1. The maximum Gasteiger partial charge on any atom is 0.265 e. The number of hydrogen-bond acceptors (Lipinski definition) is 5. The topological polar surface area (TPSA) is 60.5 Å². The van der Waals surface area contributed by atoms with Crippen LogP contribution >= 0.6 is 22.9 Å². The Labute approximate surface area is 160 Å². The van der Waals surface area contributed by atoms with Gasteiger partial charge in [0, 0.05) is 15.5 Å². The molecule has 0 saturated carbocycles. The molecule has 3 aromatic rings. The molecule has 26 heavy (non-hydrogen) atoms. The van der Waals surface area contributed by atoms with Gasteiger partial charge < -0.3 is 9.47 Å². The molecular weight excluding hydrogens is 372 g/mol. The van der Waals surface area contributed by atoms with Crippen LogP contribution in [0.5, 0.6) is 11.5 Å². The van der Waals surface area contributed by atoms with Crippen LogP contribution in [0.2, 0.25) is 5.02 Å². The third-order valence-corrected chi connectivity index (χ3v) is 4.93. The summed E-state index contributed by atoms with van der Waals surface area (Å²) < 4.78 is 10.6. The summed E-state index contributed by atoms with van der Waals surface area (Å²) in [5.74, 6) is 0.539. The van der Waals surface area contributed by atoms with Crippen LogP contribution in [0, 0.1) is 6.92 Å². The first-order valence-electron chi connectivity index (χ1n) is 7.79. The minimum Gasteiger partial charge on any atom is -0.496 e. The second kappa shape index (κ2) is 7.76. The van der Waals surface area contributed by atoms with Crippen molar-refractivity contribution < 1.29 is 14.3 Å². The molecule has 0 aliphatic rings. The number of carbonyl (C=O) groups excluding carboxylic acids is 1. The fourth-order valence-electron chi connectivity index (χ4n) is 2.56. The Morgan fingerprint density at radius 3 is 2.27 bits per heavy atom. The van der Waals surface area contributed by atoms with Crippen molar-refractivity contribution >= 4 is 34.0 Å². The van der Waals surface area contributed by atoms with Gasteiger partial charge in [-0.15, -0.1) is 11.3 Å². The van der Waals surface area contributed by atoms with Gasteiger partial charge in [0.05, 0.1) is 19.9 Å². The van der Waals surface area contributed by atoms with E-state index >= 15 is 0 Å². The molecule has 1 amide bonds. The lowest BCUT2D eigenvalue weighted by Crippen LogP contribution is -2.14. The van der Waals surface area contributed by atoms with Gasteiger partial charge in [0.25, 0.3) is 5.91 Å². The van der Waals surface area contributed by atoms with Crippen molar-refractivity contribution in [3.8, 4) is 22.8 Å². The smallest absolute Gasteiger partial charge is 0.265 e. The highest BCUT2D eigenvalue weighted by molar-refractivity contribution is 7.16. The van der Waals surface area contributed by atoms with Gasteiger partial charge in [-0.25, -0.2) is 4.98 Å². The van der Waals surface area contributed by atoms with E-state index in [1.54, 1.807) is 18.2 Å². The van der Waals surface area contributed by atoms with Gasteiger partial charge >= 0.3 is 0 Å². The number of benzene rings is 2. The minimum absolute atomic E-state index is 0.332. The normalized spacial score (nSPS) is 10.5. The van der Waals surface area contributed by atoms with Crippen molar-refractivity contribution in [2.45, 2.75) is 6.92 Å². The van der Waals surface area contributed by atoms with Gasteiger partial charge in [0.1, 0.15) is 17.1 Å². The molecule has 0 spiro atoms. The Morgan fingerprint density at radius 2 is 1.69 bits per heavy atom. The summed E-state index contributed by atoms with van der Waals surface area (Å²) in [6.07, 6.45) is 0. The molecule has 0 bridgehead atoms. The van der Waals surface area contributed by atoms with Gasteiger partial charge in [0.2, 0.25) is 0 Å². The number of thiazole rings is 1. The van der Waals surface area contributed by atoms with Crippen LogP contribution in [0.15, 0.2) is 42.5 Å². The zero-order valence-electron chi connectivity index (χ0n) is 14.5. The predicted molar refractivity (Wildman–Crippen MR) is 105 cm³/mol. The summed E-state index contributed by atoms with van der Waals surface area (Å²) in [5.41, 5.74) is 2.09.